The van der Waals surface area contributed by atoms with E-state index in [1.807, 2.05) is 12.1 Å². The topological polar surface area (TPSA) is 51.0 Å². The van der Waals surface area contributed by atoms with Crippen LogP contribution < -0.4 is 15.4 Å². The van der Waals surface area contributed by atoms with Crippen molar-refractivity contribution >= 4 is 19.7 Å². The Morgan fingerprint density at radius 3 is 2.29 bits per heavy atom. The normalized spacial score (nSPS) is 16.4. The number of nitrogens with zero attached hydrogens (tertiary/aromatic N) is 2. The highest BCUT2D eigenvalue weighted by Gasteiger charge is 2.36. The molecule has 1 aliphatic rings. The van der Waals surface area contributed by atoms with E-state index in [-0.39, 0.29) is 5.04 Å². The van der Waals surface area contributed by atoms with Gasteiger partial charge in [-0.1, -0.05) is 20.8 Å². The van der Waals surface area contributed by atoms with Gasteiger partial charge in [-0.15, -0.1) is 0 Å². The van der Waals surface area contributed by atoms with Crippen LogP contribution in [0.5, 0.6) is 5.75 Å². The maximum atomic E-state index is 6.25. The van der Waals surface area contributed by atoms with E-state index >= 15 is 0 Å². The van der Waals surface area contributed by atoms with Crippen LogP contribution in [0.3, 0.4) is 0 Å². The molecule has 1 fully saturated rings. The van der Waals surface area contributed by atoms with Crippen molar-refractivity contribution in [3.63, 3.8) is 0 Å². The number of hydrogen-bond donors (Lipinski definition) is 1. The molecule has 0 aromatic heterocycles. The Morgan fingerprint density at radius 1 is 1.00 bits per heavy atom. The Bertz CT molecular complexity index is 608. The monoisotopic (exact) mass is 407 g/mol. The van der Waals surface area contributed by atoms with E-state index < -0.39 is 8.32 Å². The van der Waals surface area contributed by atoms with Crippen LogP contribution in [0.2, 0.25) is 18.1 Å². The number of benzene rings is 1. The van der Waals surface area contributed by atoms with Gasteiger partial charge in [0.2, 0.25) is 0 Å². The lowest BCUT2D eigenvalue weighted by molar-refractivity contribution is 0.263. The number of unbranched alkanes of at least 4 members (excludes halogenated alkanes) is 2. The molecule has 5 nitrogen and oxygen atoms in total. The van der Waals surface area contributed by atoms with Crippen LogP contribution in [0, 0.1) is 0 Å². The molecule has 1 heterocycles. The lowest BCUT2D eigenvalue weighted by Crippen LogP contribution is -2.44. The summed E-state index contributed by atoms with van der Waals surface area (Å²) in [5.74, 6) is 0.919. The molecule has 0 spiro atoms. The lowest BCUT2D eigenvalue weighted by atomic mass is 10.2. The third-order valence-corrected chi connectivity index (χ3v) is 10.7. The molecular formula is C22H41N3O2Si. The Morgan fingerprint density at radius 2 is 1.64 bits per heavy atom. The molecule has 2 rings (SSSR count). The number of piperazine rings is 1. The highest BCUT2D eigenvalue weighted by atomic mass is 28.4. The van der Waals surface area contributed by atoms with Gasteiger partial charge < -0.3 is 24.7 Å². The Hall–Kier alpha value is -1.24. The first-order valence-corrected chi connectivity index (χ1v) is 13.6. The molecular weight excluding hydrogens is 366 g/mol. The largest absolute Gasteiger partial charge is 0.491 e. The van der Waals surface area contributed by atoms with Crippen molar-refractivity contribution in [3.05, 3.63) is 18.2 Å². The zero-order valence-corrected chi connectivity index (χ0v) is 19.9. The smallest absolute Gasteiger partial charge is 0.191 e. The van der Waals surface area contributed by atoms with Gasteiger partial charge in [-0.2, -0.15) is 0 Å². The van der Waals surface area contributed by atoms with E-state index in [0.29, 0.717) is 0 Å². The first kappa shape index (κ1) is 23.0. The van der Waals surface area contributed by atoms with Crippen LogP contribution in [0.25, 0.3) is 0 Å². The minimum Gasteiger partial charge on any atom is -0.491 e. The maximum absolute atomic E-state index is 6.25. The summed E-state index contributed by atoms with van der Waals surface area (Å²) < 4.78 is 12.4. The van der Waals surface area contributed by atoms with Crippen LogP contribution in [-0.4, -0.2) is 59.7 Å². The maximum Gasteiger partial charge on any atom is 0.191 e. The third kappa shape index (κ3) is 6.67. The van der Waals surface area contributed by atoms with E-state index in [9.17, 15) is 0 Å². The molecule has 1 saturated heterocycles. The number of hydrogen-bond acceptors (Lipinski definition) is 5. The van der Waals surface area contributed by atoms with Gasteiger partial charge in [-0.05, 0) is 56.6 Å². The molecule has 1 aromatic carbocycles. The number of anilines is 2. The zero-order valence-electron chi connectivity index (χ0n) is 18.9. The average molecular weight is 408 g/mol. The first-order valence-electron chi connectivity index (χ1n) is 10.7. The summed E-state index contributed by atoms with van der Waals surface area (Å²) in [4.78, 5) is 4.77. The molecule has 6 heteroatoms. The van der Waals surface area contributed by atoms with Gasteiger partial charge in [0.05, 0.1) is 12.3 Å². The summed E-state index contributed by atoms with van der Waals surface area (Å²) in [6, 6.07) is 6.04. The standard InChI is InChI=1S/C22H41N3O2Si/c1-22(2,3)28(5,6)27-17-9-7-8-16-26-21-18-19(23)10-11-20(21)25-14-12-24(4)13-15-25/h10-11,18H,7-9,12-17,23H2,1-6H3. The quantitative estimate of drug-likeness (QED) is 0.368. The second-order valence-electron chi connectivity index (χ2n) is 9.54. The molecule has 0 saturated carbocycles. The molecule has 1 aromatic rings. The number of ether oxygens (including phenoxy) is 1. The van der Waals surface area contributed by atoms with Gasteiger partial charge in [0, 0.05) is 44.5 Å². The summed E-state index contributed by atoms with van der Waals surface area (Å²) in [6.07, 6.45) is 3.26. The Balaban J connectivity index is 1.75. The summed E-state index contributed by atoms with van der Waals surface area (Å²) in [6.45, 7) is 17.3. The highest BCUT2D eigenvalue weighted by molar-refractivity contribution is 6.74. The van der Waals surface area contributed by atoms with Crippen molar-refractivity contribution in [3.8, 4) is 5.75 Å². The van der Waals surface area contributed by atoms with Crippen molar-refractivity contribution in [2.75, 3.05) is 57.1 Å². The number of rotatable bonds is 9. The fourth-order valence-corrected chi connectivity index (χ4v) is 4.15. The first-order chi connectivity index (χ1) is 13.1. The van der Waals surface area contributed by atoms with Gasteiger partial charge in [-0.25, -0.2) is 0 Å². The summed E-state index contributed by atoms with van der Waals surface area (Å²) >= 11 is 0. The molecule has 2 N–H and O–H groups in total. The van der Waals surface area contributed by atoms with Gasteiger partial charge in [-0.3, -0.25) is 0 Å². The molecule has 0 unspecified atom stereocenters. The third-order valence-electron chi connectivity index (χ3n) is 6.14. The van der Waals surface area contributed by atoms with Gasteiger partial charge >= 0.3 is 0 Å². The minimum atomic E-state index is -1.62. The number of nitrogens with two attached hydrogens (primary N) is 1. The predicted octanol–water partition coefficient (Wildman–Crippen LogP) is 4.59. The van der Waals surface area contributed by atoms with E-state index in [4.69, 9.17) is 14.9 Å². The molecule has 0 radical (unpaired) electrons. The Kier molecular flexibility index (Phi) is 8.22. The minimum absolute atomic E-state index is 0.281. The van der Waals surface area contributed by atoms with E-state index in [1.54, 1.807) is 0 Å². The van der Waals surface area contributed by atoms with Gasteiger partial charge in [0.1, 0.15) is 5.75 Å². The van der Waals surface area contributed by atoms with Crippen LogP contribution in [-0.2, 0) is 4.43 Å². The molecule has 0 atom stereocenters. The lowest BCUT2D eigenvalue weighted by Gasteiger charge is -2.36. The van der Waals surface area contributed by atoms with E-state index in [0.717, 1.165) is 70.1 Å². The van der Waals surface area contributed by atoms with Crippen LogP contribution >= 0.6 is 0 Å². The van der Waals surface area contributed by atoms with Gasteiger partial charge in [0.25, 0.3) is 0 Å². The fourth-order valence-electron chi connectivity index (χ4n) is 3.06. The van der Waals surface area contributed by atoms with Crippen molar-refractivity contribution in [2.45, 2.75) is 58.2 Å². The predicted molar refractivity (Wildman–Crippen MR) is 123 cm³/mol. The molecule has 0 amide bonds. The molecule has 28 heavy (non-hydrogen) atoms. The zero-order chi connectivity index (χ0) is 20.8. The van der Waals surface area contributed by atoms with E-state index in [1.165, 1.54) is 5.69 Å². The van der Waals surface area contributed by atoms with Crippen LogP contribution in [0.1, 0.15) is 40.0 Å². The Labute approximate surface area is 173 Å². The van der Waals surface area contributed by atoms with Crippen molar-refractivity contribution in [2.24, 2.45) is 0 Å². The van der Waals surface area contributed by atoms with Gasteiger partial charge in [0.15, 0.2) is 8.32 Å². The number of nitrogen functional groups attached to an aromatic ring is 1. The van der Waals surface area contributed by atoms with Crippen molar-refractivity contribution in [1.29, 1.82) is 0 Å². The van der Waals surface area contributed by atoms with Crippen molar-refractivity contribution < 1.29 is 9.16 Å². The van der Waals surface area contributed by atoms with Crippen LogP contribution in [0.4, 0.5) is 11.4 Å². The number of likely N-dealkylation sites (N-methyl/N-ethyl adjacent to an activating group) is 1. The average Bonchev–Trinajstić information content (AvgIpc) is 2.61. The molecule has 0 bridgehead atoms. The molecule has 1 aliphatic heterocycles. The summed E-state index contributed by atoms with van der Waals surface area (Å²) in [5.41, 5.74) is 7.94. The molecule has 0 aliphatic carbocycles. The van der Waals surface area contributed by atoms with Crippen molar-refractivity contribution in [1.82, 2.24) is 4.90 Å². The second-order valence-corrected chi connectivity index (χ2v) is 14.3. The molecule has 160 valence electrons. The fraction of sp³-hybridized carbons (Fsp3) is 0.727. The second kappa shape index (κ2) is 9.99. The SMILES string of the molecule is CN1CCN(c2ccc(N)cc2OCCCCCO[Si](C)(C)C(C)(C)C)CC1. The summed E-state index contributed by atoms with van der Waals surface area (Å²) in [5, 5.41) is 0.281. The van der Waals surface area contributed by atoms with Crippen LogP contribution in [0.15, 0.2) is 18.2 Å². The highest BCUT2D eigenvalue weighted by Crippen LogP contribution is 2.36. The summed E-state index contributed by atoms with van der Waals surface area (Å²) in [7, 11) is 0.555. The van der Waals surface area contributed by atoms with E-state index in [2.05, 4.69) is 56.8 Å².